The van der Waals surface area contributed by atoms with Crippen LogP contribution < -0.4 is 0 Å². The summed E-state index contributed by atoms with van der Waals surface area (Å²) < 4.78 is 0. The van der Waals surface area contributed by atoms with Crippen LogP contribution in [0.3, 0.4) is 0 Å². The average Bonchev–Trinajstić information content (AvgIpc) is 2.77. The van der Waals surface area contributed by atoms with E-state index in [2.05, 4.69) is 27.7 Å². The van der Waals surface area contributed by atoms with Crippen LogP contribution in [0.2, 0.25) is 0 Å². The topological polar surface area (TPSA) is 37.3 Å². The van der Waals surface area contributed by atoms with Crippen LogP contribution in [0, 0.1) is 23.7 Å². The molecule has 2 nitrogen and oxygen atoms in total. The molecular weight excluding hydrogens is 416 g/mol. The van der Waals surface area contributed by atoms with Crippen molar-refractivity contribution in [3.8, 4) is 0 Å². The molecule has 34 heavy (non-hydrogen) atoms. The molecule has 0 aromatic heterocycles. The number of hydrogen-bond acceptors (Lipinski definition) is 1. The quantitative estimate of drug-likeness (QED) is 0.125. The van der Waals surface area contributed by atoms with Crippen molar-refractivity contribution in [2.75, 3.05) is 0 Å². The molecule has 204 valence electrons. The predicted molar refractivity (Wildman–Crippen MR) is 152 cm³/mol. The minimum atomic E-state index is -0.651. The Morgan fingerprint density at radius 3 is 1.21 bits per heavy atom. The fourth-order valence-corrected chi connectivity index (χ4v) is 5.78. The van der Waals surface area contributed by atoms with Crippen molar-refractivity contribution >= 4 is 5.97 Å². The smallest absolute Gasteiger partial charge is 0.306 e. The Morgan fingerprint density at radius 1 is 0.500 bits per heavy atom. The fraction of sp³-hybridized carbons (Fsp3) is 0.969. The summed E-state index contributed by atoms with van der Waals surface area (Å²) in [5.74, 6) is 1.17. The van der Waals surface area contributed by atoms with Gasteiger partial charge in [-0.2, -0.15) is 0 Å². The monoisotopic (exact) mass is 480 g/mol. The van der Waals surface area contributed by atoms with E-state index >= 15 is 0 Å². The number of aliphatic carboxylic acids is 1. The van der Waals surface area contributed by atoms with Gasteiger partial charge in [-0.3, -0.25) is 4.79 Å². The van der Waals surface area contributed by atoms with Crippen LogP contribution in [0.25, 0.3) is 0 Å². The SMILES string of the molecule is CCCCCCCCCCCCCCCCCCCC[C@@H](C)C[C@@H](C)C[C@@H](C)C[C@@H](C)C(=O)O. The van der Waals surface area contributed by atoms with Gasteiger partial charge in [-0.15, -0.1) is 0 Å². The Hall–Kier alpha value is -0.530. The number of hydrogen-bond donors (Lipinski definition) is 1. The third-order valence-corrected chi connectivity index (χ3v) is 7.84. The Bertz CT molecular complexity index is 433. The molecule has 4 atom stereocenters. The van der Waals surface area contributed by atoms with Crippen molar-refractivity contribution < 1.29 is 9.90 Å². The van der Waals surface area contributed by atoms with Gasteiger partial charge in [-0.1, -0.05) is 157 Å². The van der Waals surface area contributed by atoms with E-state index in [1.165, 1.54) is 135 Å². The van der Waals surface area contributed by atoms with Crippen molar-refractivity contribution in [3.63, 3.8) is 0 Å². The van der Waals surface area contributed by atoms with Gasteiger partial charge in [-0.05, 0) is 37.0 Å². The zero-order valence-electron chi connectivity index (χ0n) is 24.2. The second-order valence-electron chi connectivity index (χ2n) is 12.1. The molecule has 0 bridgehead atoms. The molecule has 0 radical (unpaired) electrons. The van der Waals surface area contributed by atoms with Crippen molar-refractivity contribution in [3.05, 3.63) is 0 Å². The molecule has 0 saturated heterocycles. The lowest BCUT2D eigenvalue weighted by Crippen LogP contribution is -2.15. The second-order valence-corrected chi connectivity index (χ2v) is 12.1. The Kier molecular flexibility index (Phi) is 23.8. The predicted octanol–water partition coefficient (Wildman–Crippen LogP) is 11.2. The van der Waals surface area contributed by atoms with Crippen LogP contribution in [0.4, 0.5) is 0 Å². The first-order valence-electron chi connectivity index (χ1n) is 15.6. The van der Waals surface area contributed by atoms with E-state index in [9.17, 15) is 4.79 Å². The van der Waals surface area contributed by atoms with Gasteiger partial charge in [0, 0.05) is 0 Å². The van der Waals surface area contributed by atoms with E-state index < -0.39 is 5.97 Å². The van der Waals surface area contributed by atoms with E-state index in [-0.39, 0.29) is 5.92 Å². The van der Waals surface area contributed by atoms with Gasteiger partial charge in [0.15, 0.2) is 0 Å². The molecule has 0 aliphatic heterocycles. The summed E-state index contributed by atoms with van der Waals surface area (Å²) in [6, 6.07) is 0. The van der Waals surface area contributed by atoms with Gasteiger partial charge < -0.3 is 5.11 Å². The molecule has 0 amide bonds. The molecule has 0 fully saturated rings. The van der Waals surface area contributed by atoms with Crippen molar-refractivity contribution in [1.29, 1.82) is 0 Å². The molecular formula is C32H64O2. The molecule has 0 heterocycles. The van der Waals surface area contributed by atoms with Crippen molar-refractivity contribution in [1.82, 2.24) is 0 Å². The maximum absolute atomic E-state index is 11.0. The maximum atomic E-state index is 11.0. The van der Waals surface area contributed by atoms with E-state index in [0.717, 1.165) is 12.3 Å². The van der Waals surface area contributed by atoms with Crippen LogP contribution in [-0.4, -0.2) is 11.1 Å². The van der Waals surface area contributed by atoms with Crippen molar-refractivity contribution in [2.24, 2.45) is 23.7 Å². The average molecular weight is 481 g/mol. The summed E-state index contributed by atoms with van der Waals surface area (Å²) in [5, 5.41) is 9.09. The highest BCUT2D eigenvalue weighted by Gasteiger charge is 2.18. The highest BCUT2D eigenvalue weighted by atomic mass is 16.4. The molecule has 0 aliphatic carbocycles. The lowest BCUT2D eigenvalue weighted by atomic mass is 9.84. The zero-order valence-corrected chi connectivity index (χ0v) is 24.2. The first-order chi connectivity index (χ1) is 16.4. The standard InChI is InChI=1S/C32H64O2/c1-6-7-8-9-10-11-12-13-14-15-16-17-18-19-20-21-22-23-24-28(2)25-29(3)26-30(4)27-31(5)32(33)34/h28-31H,6-27H2,1-5H3,(H,33,34)/t28-,29-,30-,31-/m1/s1. The number of carboxylic acid groups (broad SMARTS) is 1. The third kappa shape index (κ3) is 23.2. The molecule has 0 aliphatic rings. The second kappa shape index (κ2) is 24.2. The molecule has 2 heteroatoms. The van der Waals surface area contributed by atoms with Crippen molar-refractivity contribution in [2.45, 2.75) is 176 Å². The van der Waals surface area contributed by atoms with E-state index in [1.54, 1.807) is 0 Å². The Morgan fingerprint density at radius 2 is 0.824 bits per heavy atom. The lowest BCUT2D eigenvalue weighted by Gasteiger charge is -2.21. The summed E-state index contributed by atoms with van der Waals surface area (Å²) in [4.78, 5) is 11.0. The highest BCUT2D eigenvalue weighted by Crippen LogP contribution is 2.26. The van der Waals surface area contributed by atoms with Crippen LogP contribution in [0.15, 0.2) is 0 Å². The highest BCUT2D eigenvalue weighted by molar-refractivity contribution is 5.69. The fourth-order valence-electron chi connectivity index (χ4n) is 5.78. The first-order valence-corrected chi connectivity index (χ1v) is 15.6. The largest absolute Gasteiger partial charge is 0.481 e. The van der Waals surface area contributed by atoms with E-state index in [4.69, 9.17) is 5.11 Å². The molecule has 1 N–H and O–H groups in total. The van der Waals surface area contributed by atoms with Gasteiger partial charge >= 0.3 is 5.97 Å². The van der Waals surface area contributed by atoms with Crippen LogP contribution in [0.5, 0.6) is 0 Å². The van der Waals surface area contributed by atoms with Gasteiger partial charge in [0.25, 0.3) is 0 Å². The van der Waals surface area contributed by atoms with Crippen LogP contribution in [0.1, 0.15) is 176 Å². The number of unbranched alkanes of at least 4 members (excludes halogenated alkanes) is 17. The summed E-state index contributed by atoms with van der Waals surface area (Å²) in [7, 11) is 0. The Labute approximate surface area is 215 Å². The minimum absolute atomic E-state index is 0.209. The number of carboxylic acids is 1. The minimum Gasteiger partial charge on any atom is -0.481 e. The van der Waals surface area contributed by atoms with Gasteiger partial charge in [0.1, 0.15) is 0 Å². The van der Waals surface area contributed by atoms with E-state index in [1.807, 2.05) is 6.92 Å². The summed E-state index contributed by atoms with van der Waals surface area (Å²) in [6.45, 7) is 11.1. The first kappa shape index (κ1) is 33.5. The Balaban J connectivity index is 3.38. The number of rotatable bonds is 26. The van der Waals surface area contributed by atoms with Crippen LogP contribution >= 0.6 is 0 Å². The summed E-state index contributed by atoms with van der Waals surface area (Å²) >= 11 is 0. The summed E-state index contributed by atoms with van der Waals surface area (Å²) in [5.41, 5.74) is 0. The van der Waals surface area contributed by atoms with Crippen LogP contribution in [-0.2, 0) is 4.79 Å². The molecule has 0 saturated carbocycles. The normalized spacial score (nSPS) is 15.2. The molecule has 0 aromatic rings. The summed E-state index contributed by atoms with van der Waals surface area (Å²) in [6.07, 6.45) is 30.6. The number of carbonyl (C=O) groups is 1. The molecule has 0 aromatic carbocycles. The molecule has 0 unspecified atom stereocenters. The zero-order chi connectivity index (χ0) is 25.4. The molecule has 0 spiro atoms. The maximum Gasteiger partial charge on any atom is 0.306 e. The van der Waals surface area contributed by atoms with Gasteiger partial charge in [0.2, 0.25) is 0 Å². The molecule has 0 rings (SSSR count). The van der Waals surface area contributed by atoms with E-state index in [0.29, 0.717) is 11.8 Å². The van der Waals surface area contributed by atoms with Gasteiger partial charge in [-0.25, -0.2) is 0 Å². The lowest BCUT2D eigenvalue weighted by molar-refractivity contribution is -0.141. The third-order valence-electron chi connectivity index (χ3n) is 7.84. The van der Waals surface area contributed by atoms with Gasteiger partial charge in [0.05, 0.1) is 5.92 Å².